The summed E-state index contributed by atoms with van der Waals surface area (Å²) in [5.41, 5.74) is 2.72. The van der Waals surface area contributed by atoms with Gasteiger partial charge in [-0.05, 0) is 60.0 Å². The molecule has 0 spiro atoms. The van der Waals surface area contributed by atoms with Crippen LogP contribution in [0.3, 0.4) is 0 Å². The fourth-order valence-corrected chi connectivity index (χ4v) is 4.24. The largest absolute Gasteiger partial charge is 0.468 e. The van der Waals surface area contributed by atoms with Crippen LogP contribution in [-0.4, -0.2) is 49.4 Å². The van der Waals surface area contributed by atoms with Crippen LogP contribution in [-0.2, 0) is 9.59 Å². The van der Waals surface area contributed by atoms with Crippen LogP contribution < -0.4 is 15.5 Å². The van der Waals surface area contributed by atoms with Crippen molar-refractivity contribution in [1.82, 2.24) is 10.2 Å². The Morgan fingerprint density at radius 3 is 2.23 bits per heavy atom. The van der Waals surface area contributed by atoms with Crippen molar-refractivity contribution in [2.45, 2.75) is 25.8 Å². The normalized spacial score (nSPS) is 15.1. The molecule has 0 saturated carbocycles. The number of amides is 2. The van der Waals surface area contributed by atoms with Crippen molar-refractivity contribution < 1.29 is 18.4 Å². The predicted octanol–water partition coefficient (Wildman–Crippen LogP) is 4.16. The van der Waals surface area contributed by atoms with Crippen LogP contribution in [0, 0.1) is 5.82 Å². The zero-order valence-electron chi connectivity index (χ0n) is 20.0. The number of anilines is 2. The summed E-state index contributed by atoms with van der Waals surface area (Å²) < 4.78 is 18.9. The molecule has 4 rings (SSSR count). The number of piperazine rings is 1. The molecule has 2 aromatic carbocycles. The summed E-state index contributed by atoms with van der Waals surface area (Å²) >= 11 is 0. The standard InChI is InChI=1S/C27H31FN4O3/c1-19(2)20-5-9-22(10-6-20)30-27(34)26(33)29-18-24(25-4-3-17-35-25)32-15-13-31(14-16-32)23-11-7-21(28)8-12-23/h3-12,17,19,24H,13-16,18H2,1-2H3,(H,29,33)(H,30,34). The summed E-state index contributed by atoms with van der Waals surface area (Å²) in [6, 6.07) is 17.5. The SMILES string of the molecule is CC(C)c1ccc(NC(=O)C(=O)NCC(c2ccco2)N2CCN(c3ccc(F)cc3)CC2)cc1. The molecule has 1 saturated heterocycles. The second-order valence-corrected chi connectivity index (χ2v) is 8.97. The number of hydrogen-bond acceptors (Lipinski definition) is 5. The highest BCUT2D eigenvalue weighted by atomic mass is 19.1. The molecule has 184 valence electrons. The van der Waals surface area contributed by atoms with Crippen molar-refractivity contribution in [3.8, 4) is 0 Å². The van der Waals surface area contributed by atoms with E-state index in [1.807, 2.05) is 24.3 Å². The smallest absolute Gasteiger partial charge is 0.313 e. The maximum atomic E-state index is 13.3. The molecule has 0 aliphatic carbocycles. The van der Waals surface area contributed by atoms with Gasteiger partial charge in [-0.15, -0.1) is 0 Å². The summed E-state index contributed by atoms with van der Waals surface area (Å²) in [4.78, 5) is 29.4. The van der Waals surface area contributed by atoms with Crippen LogP contribution >= 0.6 is 0 Å². The van der Waals surface area contributed by atoms with Gasteiger partial charge in [0.15, 0.2) is 0 Å². The number of hydrogen-bond donors (Lipinski definition) is 2. The Kier molecular flexibility index (Phi) is 7.82. The Bertz CT molecular complexity index is 1110. The number of carbonyl (C=O) groups excluding carboxylic acids is 2. The van der Waals surface area contributed by atoms with Gasteiger partial charge in [-0.1, -0.05) is 26.0 Å². The Labute approximate surface area is 204 Å². The van der Waals surface area contributed by atoms with Gasteiger partial charge in [0, 0.05) is 44.1 Å². The minimum absolute atomic E-state index is 0.206. The van der Waals surface area contributed by atoms with E-state index >= 15 is 0 Å². The lowest BCUT2D eigenvalue weighted by Gasteiger charge is -2.39. The summed E-state index contributed by atoms with van der Waals surface area (Å²) in [6.45, 7) is 7.40. The van der Waals surface area contributed by atoms with Crippen molar-refractivity contribution >= 4 is 23.2 Å². The van der Waals surface area contributed by atoms with Gasteiger partial charge in [0.25, 0.3) is 0 Å². The quantitative estimate of drug-likeness (QED) is 0.499. The van der Waals surface area contributed by atoms with Crippen LogP contribution in [0.15, 0.2) is 71.3 Å². The van der Waals surface area contributed by atoms with Crippen LogP contribution in [0.5, 0.6) is 0 Å². The fraction of sp³-hybridized carbons (Fsp3) is 0.333. The van der Waals surface area contributed by atoms with E-state index in [2.05, 4.69) is 34.3 Å². The molecule has 2 heterocycles. The minimum Gasteiger partial charge on any atom is -0.468 e. The maximum absolute atomic E-state index is 13.3. The van der Waals surface area contributed by atoms with E-state index in [4.69, 9.17) is 4.42 Å². The molecule has 1 aliphatic rings. The predicted molar refractivity (Wildman–Crippen MR) is 134 cm³/mol. The van der Waals surface area contributed by atoms with Crippen LogP contribution in [0.1, 0.15) is 37.1 Å². The van der Waals surface area contributed by atoms with Crippen molar-refractivity contribution in [3.63, 3.8) is 0 Å². The lowest BCUT2D eigenvalue weighted by Crippen LogP contribution is -2.50. The lowest BCUT2D eigenvalue weighted by atomic mass is 10.0. The summed E-state index contributed by atoms with van der Waals surface area (Å²) in [5.74, 6) is -0.539. The minimum atomic E-state index is -0.707. The number of nitrogens with one attached hydrogen (secondary N) is 2. The van der Waals surface area contributed by atoms with Gasteiger partial charge in [0.1, 0.15) is 11.6 Å². The fourth-order valence-electron chi connectivity index (χ4n) is 4.24. The third kappa shape index (κ3) is 6.27. The molecule has 35 heavy (non-hydrogen) atoms. The van der Waals surface area contributed by atoms with Gasteiger partial charge < -0.3 is 20.0 Å². The third-order valence-corrected chi connectivity index (χ3v) is 6.32. The number of rotatable bonds is 7. The number of nitrogens with zero attached hydrogens (tertiary/aromatic N) is 2. The van der Waals surface area contributed by atoms with Gasteiger partial charge in [0.2, 0.25) is 0 Å². The molecular formula is C27H31FN4O3. The molecule has 1 unspecified atom stereocenters. The van der Waals surface area contributed by atoms with E-state index in [9.17, 15) is 14.0 Å². The topological polar surface area (TPSA) is 77.8 Å². The molecule has 1 fully saturated rings. The summed E-state index contributed by atoms with van der Waals surface area (Å²) in [6.07, 6.45) is 1.60. The Morgan fingerprint density at radius 1 is 0.943 bits per heavy atom. The summed E-state index contributed by atoms with van der Waals surface area (Å²) in [5, 5.41) is 5.41. The first-order valence-corrected chi connectivity index (χ1v) is 11.9. The maximum Gasteiger partial charge on any atom is 0.313 e. The highest BCUT2D eigenvalue weighted by Crippen LogP contribution is 2.24. The van der Waals surface area contributed by atoms with Crippen molar-refractivity contribution in [2.24, 2.45) is 0 Å². The van der Waals surface area contributed by atoms with Crippen molar-refractivity contribution in [1.29, 1.82) is 0 Å². The molecule has 1 atom stereocenters. The van der Waals surface area contributed by atoms with E-state index in [0.29, 0.717) is 11.6 Å². The van der Waals surface area contributed by atoms with Crippen LogP contribution in [0.4, 0.5) is 15.8 Å². The van der Waals surface area contributed by atoms with E-state index in [1.54, 1.807) is 30.5 Å². The zero-order valence-corrected chi connectivity index (χ0v) is 20.0. The first-order chi connectivity index (χ1) is 16.9. The first-order valence-electron chi connectivity index (χ1n) is 11.9. The molecular weight excluding hydrogens is 447 g/mol. The molecule has 3 aromatic rings. The zero-order chi connectivity index (χ0) is 24.8. The van der Waals surface area contributed by atoms with Gasteiger partial charge in [0.05, 0.1) is 12.3 Å². The Morgan fingerprint density at radius 2 is 1.63 bits per heavy atom. The Hall–Kier alpha value is -3.65. The van der Waals surface area contributed by atoms with Crippen molar-refractivity contribution in [2.75, 3.05) is 42.9 Å². The van der Waals surface area contributed by atoms with E-state index < -0.39 is 11.8 Å². The molecule has 1 aromatic heterocycles. The van der Waals surface area contributed by atoms with E-state index in [-0.39, 0.29) is 18.4 Å². The van der Waals surface area contributed by atoms with E-state index in [1.165, 1.54) is 12.1 Å². The molecule has 0 radical (unpaired) electrons. The summed E-state index contributed by atoms with van der Waals surface area (Å²) in [7, 11) is 0. The number of benzene rings is 2. The van der Waals surface area contributed by atoms with Crippen LogP contribution in [0.25, 0.3) is 0 Å². The van der Waals surface area contributed by atoms with Gasteiger partial charge in [-0.25, -0.2) is 4.39 Å². The molecule has 1 aliphatic heterocycles. The van der Waals surface area contributed by atoms with Gasteiger partial charge in [-0.3, -0.25) is 14.5 Å². The first kappa shape index (κ1) is 24.5. The lowest BCUT2D eigenvalue weighted by molar-refractivity contribution is -0.136. The van der Waals surface area contributed by atoms with Crippen molar-refractivity contribution in [3.05, 3.63) is 84.1 Å². The Balaban J connectivity index is 1.33. The highest BCUT2D eigenvalue weighted by Gasteiger charge is 2.28. The molecule has 7 nitrogen and oxygen atoms in total. The average molecular weight is 479 g/mol. The number of furan rings is 1. The second-order valence-electron chi connectivity index (χ2n) is 8.97. The number of halogens is 1. The number of carbonyl (C=O) groups is 2. The van der Waals surface area contributed by atoms with E-state index in [0.717, 1.165) is 43.2 Å². The average Bonchev–Trinajstić information content (AvgIpc) is 3.40. The van der Waals surface area contributed by atoms with Gasteiger partial charge >= 0.3 is 11.8 Å². The monoisotopic (exact) mass is 478 g/mol. The van der Waals surface area contributed by atoms with Crippen LogP contribution in [0.2, 0.25) is 0 Å². The molecule has 2 N–H and O–H groups in total. The second kappa shape index (κ2) is 11.2. The highest BCUT2D eigenvalue weighted by molar-refractivity contribution is 6.39. The third-order valence-electron chi connectivity index (χ3n) is 6.32. The molecule has 8 heteroatoms. The molecule has 2 amide bonds. The van der Waals surface area contributed by atoms with Gasteiger partial charge in [-0.2, -0.15) is 0 Å². The molecule has 0 bridgehead atoms.